The second-order valence-electron chi connectivity index (χ2n) is 1.76. The third-order valence-electron chi connectivity index (χ3n) is 1.12. The fourth-order valence-corrected chi connectivity index (χ4v) is 1.24. The zero-order valence-corrected chi connectivity index (χ0v) is 5.88. The molecule has 0 spiro atoms. The van der Waals surface area contributed by atoms with Gasteiger partial charge in [-0.3, -0.25) is 0 Å². The molecule has 1 aliphatic rings. The van der Waals surface area contributed by atoms with Crippen molar-refractivity contribution in [3.05, 3.63) is 29.5 Å². The van der Waals surface area contributed by atoms with Crippen molar-refractivity contribution in [1.29, 1.82) is 0 Å². The van der Waals surface area contributed by atoms with E-state index in [2.05, 4.69) is 14.7 Å². The van der Waals surface area contributed by atoms with E-state index in [0.717, 1.165) is 10.7 Å². The zero-order valence-electron chi connectivity index (χ0n) is 5.06. The van der Waals surface area contributed by atoms with Crippen molar-refractivity contribution in [1.82, 2.24) is 9.69 Å². The van der Waals surface area contributed by atoms with Gasteiger partial charge in [-0.15, -0.1) is 0 Å². The molecule has 1 aliphatic heterocycles. The van der Waals surface area contributed by atoms with Gasteiger partial charge in [-0.05, 0) is 17.6 Å². The molecule has 0 saturated carbocycles. The Morgan fingerprint density at radius 3 is 2.90 bits per heavy atom. The molecule has 3 nitrogen and oxygen atoms in total. The van der Waals surface area contributed by atoms with Gasteiger partial charge in [0.1, 0.15) is 0 Å². The molecule has 0 N–H and O–H groups in total. The van der Waals surface area contributed by atoms with Gasteiger partial charge in [0, 0.05) is 18.6 Å². The first-order chi connectivity index (χ1) is 4.97. The van der Waals surface area contributed by atoms with Crippen LogP contribution in [-0.4, -0.2) is 10.2 Å². The van der Waals surface area contributed by atoms with Crippen molar-refractivity contribution in [3.63, 3.8) is 0 Å². The first-order valence-electron chi connectivity index (χ1n) is 2.81. The highest BCUT2D eigenvalue weighted by atomic mass is 32.1. The van der Waals surface area contributed by atoms with E-state index in [0.29, 0.717) is 0 Å². The number of hydrogen-bond donors (Lipinski definition) is 0. The number of aliphatic imine (C=N–C) groups is 1. The summed E-state index contributed by atoms with van der Waals surface area (Å²) in [5.74, 6) is 0.766. The molecule has 1 radical (unpaired) electrons. The summed E-state index contributed by atoms with van der Waals surface area (Å²) in [7, 11) is 0. The minimum absolute atomic E-state index is 0.766. The summed E-state index contributed by atoms with van der Waals surface area (Å²) in [6.07, 6.45) is 5.10. The van der Waals surface area contributed by atoms with Gasteiger partial charge in [-0.1, -0.05) is 0 Å². The lowest BCUT2D eigenvalue weighted by Gasteiger charge is -1.89. The average molecular weight is 150 g/mol. The third kappa shape index (κ3) is 0.823. The van der Waals surface area contributed by atoms with E-state index in [9.17, 15) is 0 Å². The summed E-state index contributed by atoms with van der Waals surface area (Å²) in [6.45, 7) is 0. The van der Waals surface area contributed by atoms with Crippen LogP contribution in [0, 0.1) is 0 Å². The molecule has 4 heteroatoms. The fourth-order valence-electron chi connectivity index (χ4n) is 0.700. The Morgan fingerprint density at radius 2 is 2.30 bits per heavy atom. The second kappa shape index (κ2) is 2.22. The van der Waals surface area contributed by atoms with E-state index in [-0.39, 0.29) is 0 Å². The summed E-state index contributed by atoms with van der Waals surface area (Å²) in [4.78, 5) is 5.04. The molecular weight excluding hydrogens is 146 g/mol. The summed E-state index contributed by atoms with van der Waals surface area (Å²) < 4.78 is 3.94. The molecule has 2 heterocycles. The van der Waals surface area contributed by atoms with E-state index < -0.39 is 0 Å². The minimum Gasteiger partial charge on any atom is -0.234 e. The quantitative estimate of drug-likeness (QED) is 0.588. The molecule has 1 aromatic rings. The number of aromatic nitrogens is 1. The molecule has 0 fully saturated rings. The predicted octanol–water partition coefficient (Wildman–Crippen LogP) is 0.979. The van der Waals surface area contributed by atoms with Crippen LogP contribution < -0.4 is 5.32 Å². The van der Waals surface area contributed by atoms with Crippen molar-refractivity contribution in [2.45, 2.75) is 0 Å². The molecule has 0 unspecified atom stereocenters. The predicted molar refractivity (Wildman–Crippen MR) is 39.9 cm³/mol. The van der Waals surface area contributed by atoms with Crippen LogP contribution in [0.5, 0.6) is 0 Å². The van der Waals surface area contributed by atoms with Gasteiger partial charge in [0.05, 0.1) is 4.88 Å². The molecule has 0 bridgehead atoms. The Labute approximate surface area is 62.3 Å². The minimum atomic E-state index is 0.766. The van der Waals surface area contributed by atoms with Crippen molar-refractivity contribution in [3.8, 4) is 0 Å². The molecule has 1 aromatic heterocycles. The maximum absolute atomic E-state index is 4.02. The molecule has 0 aromatic carbocycles. The highest BCUT2D eigenvalue weighted by Gasteiger charge is 2.06. The van der Waals surface area contributed by atoms with Crippen molar-refractivity contribution >= 4 is 17.4 Å². The molecule has 0 amide bonds. The number of amidine groups is 1. The van der Waals surface area contributed by atoms with Gasteiger partial charge in [0.2, 0.25) is 0 Å². The largest absolute Gasteiger partial charge is 0.234 e. The molecule has 49 valence electrons. The van der Waals surface area contributed by atoms with Crippen molar-refractivity contribution in [2.24, 2.45) is 4.99 Å². The maximum Gasteiger partial charge on any atom is 0.171 e. The maximum atomic E-state index is 4.02. The van der Waals surface area contributed by atoms with Gasteiger partial charge in [0.15, 0.2) is 5.84 Å². The van der Waals surface area contributed by atoms with Crippen LogP contribution in [0.1, 0.15) is 4.88 Å². The van der Waals surface area contributed by atoms with Crippen molar-refractivity contribution < 1.29 is 0 Å². The Bertz CT molecular complexity index is 273. The van der Waals surface area contributed by atoms with Gasteiger partial charge in [-0.2, -0.15) is 0 Å². The Balaban J connectivity index is 2.30. The molecule has 2 rings (SSSR count). The van der Waals surface area contributed by atoms with E-state index >= 15 is 0 Å². The molecule has 0 atom stereocenters. The van der Waals surface area contributed by atoms with E-state index in [1.54, 1.807) is 18.6 Å². The summed E-state index contributed by atoms with van der Waals surface area (Å²) in [5.41, 5.74) is 0. The lowest BCUT2D eigenvalue weighted by Crippen LogP contribution is -2.04. The number of hydrogen-bond acceptors (Lipinski definition) is 3. The second-order valence-corrected chi connectivity index (χ2v) is 2.59. The first kappa shape index (κ1) is 5.61. The van der Waals surface area contributed by atoms with Crippen LogP contribution in [0.25, 0.3) is 0 Å². The van der Waals surface area contributed by atoms with Crippen molar-refractivity contribution in [2.75, 3.05) is 0 Å². The van der Waals surface area contributed by atoms with Crippen LogP contribution in [-0.2, 0) is 0 Å². The fraction of sp³-hybridized carbons (Fsp3) is 0. The van der Waals surface area contributed by atoms with E-state index in [4.69, 9.17) is 0 Å². The monoisotopic (exact) mass is 150 g/mol. The van der Waals surface area contributed by atoms with Crippen LogP contribution >= 0.6 is 11.5 Å². The summed E-state index contributed by atoms with van der Waals surface area (Å²) in [5, 5.41) is 4.02. The Hall–Kier alpha value is -1.16. The smallest absolute Gasteiger partial charge is 0.171 e. The Kier molecular flexibility index (Phi) is 1.25. The SMILES string of the molecule is C1=CN=C(c2ccns2)[N]1. The molecule has 0 saturated heterocycles. The van der Waals surface area contributed by atoms with Gasteiger partial charge in [-0.25, -0.2) is 14.7 Å². The summed E-state index contributed by atoms with van der Waals surface area (Å²) >= 11 is 1.41. The molecular formula is C6H4N3S. The van der Waals surface area contributed by atoms with Crippen LogP contribution in [0.15, 0.2) is 29.7 Å². The molecule has 10 heavy (non-hydrogen) atoms. The average Bonchev–Trinajstić information content (AvgIpc) is 2.59. The highest BCUT2D eigenvalue weighted by Crippen LogP contribution is 2.08. The Morgan fingerprint density at radius 1 is 1.30 bits per heavy atom. The van der Waals surface area contributed by atoms with Crippen LogP contribution in [0.2, 0.25) is 0 Å². The normalized spacial score (nSPS) is 15.0. The highest BCUT2D eigenvalue weighted by molar-refractivity contribution is 7.08. The topological polar surface area (TPSA) is 39.4 Å². The molecule has 0 aliphatic carbocycles. The lowest BCUT2D eigenvalue weighted by molar-refractivity contribution is 1.30. The zero-order chi connectivity index (χ0) is 6.81. The van der Waals surface area contributed by atoms with E-state index in [1.165, 1.54) is 11.5 Å². The van der Waals surface area contributed by atoms with Crippen LogP contribution in [0.3, 0.4) is 0 Å². The van der Waals surface area contributed by atoms with Gasteiger partial charge >= 0.3 is 0 Å². The first-order valence-corrected chi connectivity index (χ1v) is 3.59. The summed E-state index contributed by atoms with van der Waals surface area (Å²) in [6, 6.07) is 1.90. The van der Waals surface area contributed by atoms with Gasteiger partial charge in [0.25, 0.3) is 0 Å². The number of nitrogens with zero attached hydrogens (tertiary/aromatic N) is 3. The van der Waals surface area contributed by atoms with Crippen LogP contribution in [0.4, 0.5) is 0 Å². The van der Waals surface area contributed by atoms with E-state index in [1.807, 2.05) is 6.07 Å². The van der Waals surface area contributed by atoms with Gasteiger partial charge < -0.3 is 0 Å². The number of rotatable bonds is 1. The lowest BCUT2D eigenvalue weighted by atomic mass is 10.4. The standard InChI is InChI=1S/C6H4N3S/c1-2-9-10-5(1)6-7-3-4-8-6/h1-4H. The third-order valence-corrected chi connectivity index (χ3v) is 1.86.